The lowest BCUT2D eigenvalue weighted by Gasteiger charge is -2.56. The van der Waals surface area contributed by atoms with Crippen LogP contribution < -0.4 is 0 Å². The molecule has 148 valence electrons. The number of aromatic nitrogens is 2. The van der Waals surface area contributed by atoms with Crippen LogP contribution in [0.1, 0.15) is 68.7 Å². The van der Waals surface area contributed by atoms with Gasteiger partial charge in [-0.1, -0.05) is 13.8 Å². The van der Waals surface area contributed by atoms with E-state index in [4.69, 9.17) is 0 Å². The van der Waals surface area contributed by atoms with E-state index in [1.807, 2.05) is 11.8 Å². The van der Waals surface area contributed by atoms with E-state index in [1.54, 1.807) is 6.20 Å². The molecule has 4 heterocycles. The van der Waals surface area contributed by atoms with Crippen molar-refractivity contribution in [2.24, 2.45) is 17.8 Å². The predicted octanol–water partition coefficient (Wildman–Crippen LogP) is 3.00. The number of aromatic amines is 1. The quantitative estimate of drug-likeness (QED) is 0.883. The van der Waals surface area contributed by atoms with Gasteiger partial charge in [-0.3, -0.25) is 9.59 Å². The maximum Gasteiger partial charge on any atom is 0.271 e. The molecule has 4 atom stereocenters. The first-order valence-electron chi connectivity index (χ1n) is 10.6. The highest BCUT2D eigenvalue weighted by atomic mass is 16.2. The van der Waals surface area contributed by atoms with Crippen LogP contribution in [0.25, 0.3) is 0 Å². The van der Waals surface area contributed by atoms with Crippen molar-refractivity contribution >= 4 is 11.8 Å². The van der Waals surface area contributed by atoms with Crippen molar-refractivity contribution in [2.45, 2.75) is 71.4 Å². The Morgan fingerprint density at radius 2 is 2.11 bits per heavy atom. The molecule has 2 bridgehead atoms. The molecule has 0 aromatic carbocycles. The van der Waals surface area contributed by atoms with Gasteiger partial charge in [-0.15, -0.1) is 0 Å². The van der Waals surface area contributed by atoms with Gasteiger partial charge in [-0.2, -0.15) is 0 Å². The van der Waals surface area contributed by atoms with Gasteiger partial charge in [0.2, 0.25) is 5.91 Å². The lowest BCUT2D eigenvalue weighted by molar-refractivity contribution is -0.152. The number of likely N-dealkylation sites (tertiary alicyclic amines) is 1. The van der Waals surface area contributed by atoms with Crippen molar-refractivity contribution in [1.82, 2.24) is 19.8 Å². The van der Waals surface area contributed by atoms with E-state index < -0.39 is 0 Å². The molecule has 3 aliphatic rings. The lowest BCUT2D eigenvalue weighted by Crippen LogP contribution is -2.65. The SMILES string of the molecule is Cc1ncc(C(=O)N2C[C@H]3C[C@@H](C2)[C@H](CCC(C)C)N2C(=O)CCC[C@@H]32)[nH]1. The van der Waals surface area contributed by atoms with Gasteiger partial charge < -0.3 is 14.8 Å². The molecule has 0 saturated carbocycles. The zero-order valence-electron chi connectivity index (χ0n) is 16.8. The van der Waals surface area contributed by atoms with Gasteiger partial charge in [0.1, 0.15) is 11.5 Å². The summed E-state index contributed by atoms with van der Waals surface area (Å²) >= 11 is 0. The Morgan fingerprint density at radius 3 is 2.81 bits per heavy atom. The first-order valence-corrected chi connectivity index (χ1v) is 10.6. The Balaban J connectivity index is 1.57. The number of nitrogens with one attached hydrogen (secondary N) is 1. The van der Waals surface area contributed by atoms with Crippen LogP contribution in [0.3, 0.4) is 0 Å². The first-order chi connectivity index (χ1) is 12.9. The van der Waals surface area contributed by atoms with E-state index in [2.05, 4.69) is 28.7 Å². The largest absolute Gasteiger partial charge is 0.338 e. The number of rotatable bonds is 4. The van der Waals surface area contributed by atoms with E-state index in [1.165, 1.54) is 0 Å². The minimum Gasteiger partial charge on any atom is -0.338 e. The summed E-state index contributed by atoms with van der Waals surface area (Å²) in [6, 6.07) is 0.610. The molecule has 6 heteroatoms. The molecule has 0 unspecified atom stereocenters. The number of imidazole rings is 1. The van der Waals surface area contributed by atoms with Crippen molar-refractivity contribution < 1.29 is 9.59 Å². The Morgan fingerprint density at radius 1 is 1.33 bits per heavy atom. The normalized spacial score (nSPS) is 30.6. The number of amides is 2. The smallest absolute Gasteiger partial charge is 0.271 e. The maximum absolute atomic E-state index is 13.0. The van der Waals surface area contributed by atoms with Gasteiger partial charge in [0, 0.05) is 31.6 Å². The van der Waals surface area contributed by atoms with Crippen LogP contribution in [-0.4, -0.2) is 56.8 Å². The molecular weight excluding hydrogens is 340 g/mol. The minimum atomic E-state index is 0.0588. The Hall–Kier alpha value is -1.85. The maximum atomic E-state index is 13.0. The van der Waals surface area contributed by atoms with E-state index in [9.17, 15) is 9.59 Å². The average molecular weight is 373 g/mol. The highest BCUT2D eigenvalue weighted by Gasteiger charge is 2.49. The molecule has 27 heavy (non-hydrogen) atoms. The summed E-state index contributed by atoms with van der Waals surface area (Å²) in [5.41, 5.74) is 0.586. The number of hydrogen-bond acceptors (Lipinski definition) is 3. The van der Waals surface area contributed by atoms with E-state index >= 15 is 0 Å². The standard InChI is InChI=1S/C21H32N4O2/c1-13(2)7-8-19-16-9-15(18-5-4-6-20(26)25(18)19)11-24(12-16)21(27)17-10-22-14(3)23-17/h10,13,15-16,18-19H,4-9,11-12H2,1-3H3,(H,22,23)/t15-,16+,18+,19+/m1/s1. The number of carbonyl (C=O) groups is 2. The van der Waals surface area contributed by atoms with Crippen molar-refractivity contribution in [3.63, 3.8) is 0 Å². The number of hydrogen-bond donors (Lipinski definition) is 1. The summed E-state index contributed by atoms with van der Waals surface area (Å²) in [6.45, 7) is 7.89. The van der Waals surface area contributed by atoms with Gasteiger partial charge >= 0.3 is 0 Å². The monoisotopic (exact) mass is 372 g/mol. The number of nitrogens with zero attached hydrogens (tertiary/aromatic N) is 3. The van der Waals surface area contributed by atoms with Crippen LogP contribution in [0.5, 0.6) is 0 Å². The summed E-state index contributed by atoms with van der Waals surface area (Å²) in [5, 5.41) is 0. The fourth-order valence-corrected chi connectivity index (χ4v) is 5.52. The number of H-pyrrole nitrogens is 1. The van der Waals surface area contributed by atoms with Crippen LogP contribution in [0, 0.1) is 24.7 Å². The summed E-state index contributed by atoms with van der Waals surface area (Å²) in [5.74, 6) is 2.62. The second-order valence-electron chi connectivity index (χ2n) is 9.15. The van der Waals surface area contributed by atoms with Gasteiger partial charge in [0.05, 0.1) is 6.20 Å². The molecule has 0 spiro atoms. The molecule has 1 aromatic rings. The second-order valence-corrected chi connectivity index (χ2v) is 9.15. The molecule has 3 saturated heterocycles. The number of carbonyl (C=O) groups excluding carboxylic acids is 2. The van der Waals surface area contributed by atoms with Crippen molar-refractivity contribution in [3.8, 4) is 0 Å². The van der Waals surface area contributed by atoms with Crippen LogP contribution in [0.2, 0.25) is 0 Å². The van der Waals surface area contributed by atoms with Crippen LogP contribution in [0.4, 0.5) is 0 Å². The lowest BCUT2D eigenvalue weighted by atomic mass is 9.70. The average Bonchev–Trinajstić information content (AvgIpc) is 3.07. The van der Waals surface area contributed by atoms with Gasteiger partial charge in [0.25, 0.3) is 5.91 Å². The van der Waals surface area contributed by atoms with E-state index in [0.29, 0.717) is 47.9 Å². The molecule has 6 nitrogen and oxygen atoms in total. The third-order valence-electron chi connectivity index (χ3n) is 6.76. The number of fused-ring (bicyclic) bond motifs is 4. The highest BCUT2D eigenvalue weighted by Crippen LogP contribution is 2.43. The van der Waals surface area contributed by atoms with Crippen molar-refractivity contribution in [1.29, 1.82) is 0 Å². The molecule has 1 N–H and O–H groups in total. The third kappa shape index (κ3) is 3.50. The Bertz CT molecular complexity index is 713. The third-order valence-corrected chi connectivity index (χ3v) is 6.76. The van der Waals surface area contributed by atoms with Crippen LogP contribution >= 0.6 is 0 Å². The molecule has 0 aliphatic carbocycles. The highest BCUT2D eigenvalue weighted by molar-refractivity contribution is 5.92. The van der Waals surface area contributed by atoms with Crippen LogP contribution in [-0.2, 0) is 4.79 Å². The minimum absolute atomic E-state index is 0.0588. The first kappa shape index (κ1) is 18.5. The van der Waals surface area contributed by atoms with Gasteiger partial charge in [-0.25, -0.2) is 4.98 Å². The Kier molecular flexibility index (Phi) is 4.99. The van der Waals surface area contributed by atoms with E-state index in [0.717, 1.165) is 51.0 Å². The zero-order chi connectivity index (χ0) is 19.1. The Labute approximate surface area is 161 Å². The molecule has 3 fully saturated rings. The van der Waals surface area contributed by atoms with Gasteiger partial charge in [0.15, 0.2) is 0 Å². The van der Waals surface area contributed by atoms with E-state index in [-0.39, 0.29) is 5.91 Å². The fraction of sp³-hybridized carbons (Fsp3) is 0.762. The molecular formula is C21H32N4O2. The molecule has 4 rings (SSSR count). The van der Waals surface area contributed by atoms with Gasteiger partial charge in [-0.05, 0) is 56.8 Å². The second kappa shape index (κ2) is 7.28. The fourth-order valence-electron chi connectivity index (χ4n) is 5.52. The van der Waals surface area contributed by atoms with Crippen LogP contribution in [0.15, 0.2) is 6.20 Å². The van der Waals surface area contributed by atoms with Crippen molar-refractivity contribution in [3.05, 3.63) is 17.7 Å². The summed E-state index contributed by atoms with van der Waals surface area (Å²) in [7, 11) is 0. The summed E-state index contributed by atoms with van der Waals surface area (Å²) in [4.78, 5) is 37.4. The summed E-state index contributed by atoms with van der Waals surface area (Å²) < 4.78 is 0. The van der Waals surface area contributed by atoms with Crippen molar-refractivity contribution in [2.75, 3.05) is 13.1 Å². The molecule has 1 aromatic heterocycles. The molecule has 3 aliphatic heterocycles. The zero-order valence-corrected chi connectivity index (χ0v) is 16.8. The predicted molar refractivity (Wildman–Crippen MR) is 103 cm³/mol. The molecule has 0 radical (unpaired) electrons. The number of piperidine rings is 3. The summed E-state index contributed by atoms with van der Waals surface area (Å²) in [6.07, 6.45) is 7.78. The number of aryl methyl sites for hydroxylation is 1. The topological polar surface area (TPSA) is 69.3 Å². The molecule has 2 amide bonds.